The quantitative estimate of drug-likeness (QED) is 0.669. The van der Waals surface area contributed by atoms with E-state index in [-0.39, 0.29) is 11.6 Å². The third kappa shape index (κ3) is 2.80. The van der Waals surface area contributed by atoms with Gasteiger partial charge in [-0.25, -0.2) is 0 Å². The van der Waals surface area contributed by atoms with Crippen molar-refractivity contribution in [2.45, 2.75) is 45.3 Å². The van der Waals surface area contributed by atoms with Crippen LogP contribution in [0.15, 0.2) is 0 Å². The summed E-state index contributed by atoms with van der Waals surface area (Å²) >= 11 is 0. The molecule has 0 amide bonds. The molecule has 0 aromatic rings. The maximum absolute atomic E-state index is 8.62. The van der Waals surface area contributed by atoms with Gasteiger partial charge in [0.25, 0.3) is 0 Å². The Morgan fingerprint density at radius 3 is 2.08 bits per heavy atom. The van der Waals surface area contributed by atoms with Gasteiger partial charge in [-0.15, -0.1) is 0 Å². The van der Waals surface area contributed by atoms with Gasteiger partial charge in [-0.05, 0) is 34.7 Å². The van der Waals surface area contributed by atoms with Crippen molar-refractivity contribution < 1.29 is 0 Å². The Balaban J connectivity index is 4.31. The number of nitrogens with zero attached hydrogens (tertiary/aromatic N) is 2. The smallest absolute Gasteiger partial charge is 0.108 e. The lowest BCUT2D eigenvalue weighted by Crippen LogP contribution is -2.51. The van der Waals surface area contributed by atoms with E-state index in [2.05, 4.69) is 31.7 Å². The van der Waals surface area contributed by atoms with Crippen molar-refractivity contribution in [3.8, 4) is 6.07 Å². The first-order valence-electron chi connectivity index (χ1n) is 4.19. The van der Waals surface area contributed by atoms with Crippen molar-refractivity contribution in [3.63, 3.8) is 0 Å². The second-order valence-corrected chi connectivity index (χ2v) is 4.18. The predicted molar refractivity (Wildman–Crippen MR) is 50.6 cm³/mol. The fourth-order valence-electron chi connectivity index (χ4n) is 0.960. The van der Waals surface area contributed by atoms with Crippen LogP contribution in [0.25, 0.3) is 0 Å². The number of rotatable bonds is 2. The summed E-state index contributed by atoms with van der Waals surface area (Å²) < 4.78 is 0. The van der Waals surface area contributed by atoms with Gasteiger partial charge in [0.05, 0.1) is 6.07 Å². The maximum atomic E-state index is 8.62. The van der Waals surface area contributed by atoms with Crippen LogP contribution in [0, 0.1) is 11.3 Å². The van der Waals surface area contributed by atoms with Crippen LogP contribution in [0.4, 0.5) is 0 Å². The zero-order valence-electron chi connectivity index (χ0n) is 8.63. The van der Waals surface area contributed by atoms with E-state index < -0.39 is 6.04 Å². The molecule has 0 saturated carbocycles. The second-order valence-electron chi connectivity index (χ2n) is 4.18. The molecule has 0 spiro atoms. The first-order chi connectivity index (χ1) is 5.30. The van der Waals surface area contributed by atoms with Crippen LogP contribution in [0.1, 0.15) is 27.7 Å². The van der Waals surface area contributed by atoms with E-state index >= 15 is 0 Å². The van der Waals surface area contributed by atoms with E-state index in [1.54, 1.807) is 0 Å². The molecule has 0 bridgehead atoms. The highest BCUT2D eigenvalue weighted by Gasteiger charge is 2.25. The summed E-state index contributed by atoms with van der Waals surface area (Å²) in [7, 11) is 1.99. The topological polar surface area (TPSA) is 53.1 Å². The van der Waals surface area contributed by atoms with E-state index in [0.717, 1.165) is 0 Å². The number of hydrogen-bond acceptors (Lipinski definition) is 3. The van der Waals surface area contributed by atoms with Gasteiger partial charge in [-0.3, -0.25) is 4.90 Å². The fourth-order valence-corrected chi connectivity index (χ4v) is 0.960. The largest absolute Gasteiger partial charge is 0.315 e. The van der Waals surface area contributed by atoms with Gasteiger partial charge in [0.15, 0.2) is 0 Å². The third-order valence-electron chi connectivity index (χ3n) is 2.34. The number of nitrogens with two attached hydrogens (primary N) is 1. The Kier molecular flexibility index (Phi) is 3.69. The molecule has 0 aromatic carbocycles. The Morgan fingerprint density at radius 2 is 1.83 bits per heavy atom. The monoisotopic (exact) mass is 169 g/mol. The molecule has 0 rings (SSSR count). The number of nitriles is 1. The molecule has 0 aliphatic carbocycles. The van der Waals surface area contributed by atoms with Crippen LogP contribution in [-0.4, -0.2) is 29.6 Å². The summed E-state index contributed by atoms with van der Waals surface area (Å²) in [6.45, 7) is 8.29. The Morgan fingerprint density at radius 1 is 1.42 bits per heavy atom. The lowest BCUT2D eigenvalue weighted by atomic mass is 10.0. The lowest BCUT2D eigenvalue weighted by molar-refractivity contribution is 0.119. The highest BCUT2D eigenvalue weighted by molar-refractivity contribution is 4.96. The van der Waals surface area contributed by atoms with Crippen molar-refractivity contribution in [2.75, 3.05) is 7.05 Å². The van der Waals surface area contributed by atoms with Crippen LogP contribution < -0.4 is 5.73 Å². The van der Waals surface area contributed by atoms with Crippen molar-refractivity contribution >= 4 is 0 Å². The van der Waals surface area contributed by atoms with Crippen molar-refractivity contribution in [1.29, 1.82) is 5.26 Å². The SMILES string of the molecule is CC(C(N)C#N)N(C)C(C)(C)C. The van der Waals surface area contributed by atoms with Gasteiger partial charge in [0.2, 0.25) is 0 Å². The Hall–Kier alpha value is -0.590. The van der Waals surface area contributed by atoms with E-state index in [4.69, 9.17) is 11.0 Å². The molecule has 3 heteroatoms. The summed E-state index contributed by atoms with van der Waals surface area (Å²) in [6, 6.07) is 1.74. The summed E-state index contributed by atoms with van der Waals surface area (Å²) in [5.41, 5.74) is 5.67. The van der Waals surface area contributed by atoms with Crippen LogP contribution >= 0.6 is 0 Å². The Bertz CT molecular complexity index is 175. The molecule has 2 unspecified atom stereocenters. The molecule has 0 aliphatic rings. The minimum atomic E-state index is -0.408. The van der Waals surface area contributed by atoms with Crippen LogP contribution in [-0.2, 0) is 0 Å². The normalized spacial score (nSPS) is 17.2. The van der Waals surface area contributed by atoms with Gasteiger partial charge in [-0.2, -0.15) is 5.26 Å². The average molecular weight is 169 g/mol. The minimum absolute atomic E-state index is 0.0634. The maximum Gasteiger partial charge on any atom is 0.108 e. The first kappa shape index (κ1) is 11.4. The molecule has 2 atom stereocenters. The minimum Gasteiger partial charge on any atom is -0.315 e. The molecule has 0 heterocycles. The molecule has 0 aliphatic heterocycles. The van der Waals surface area contributed by atoms with Gasteiger partial charge in [0.1, 0.15) is 6.04 Å². The van der Waals surface area contributed by atoms with Crippen molar-refractivity contribution in [2.24, 2.45) is 5.73 Å². The van der Waals surface area contributed by atoms with Gasteiger partial charge >= 0.3 is 0 Å². The molecule has 3 nitrogen and oxygen atoms in total. The molecule has 12 heavy (non-hydrogen) atoms. The van der Waals surface area contributed by atoms with Crippen molar-refractivity contribution in [3.05, 3.63) is 0 Å². The number of likely N-dealkylation sites (N-methyl/N-ethyl adjacent to an activating group) is 1. The highest BCUT2D eigenvalue weighted by atomic mass is 15.2. The molecule has 0 radical (unpaired) electrons. The van der Waals surface area contributed by atoms with Gasteiger partial charge < -0.3 is 5.73 Å². The second kappa shape index (κ2) is 3.88. The molecular weight excluding hydrogens is 150 g/mol. The molecular formula is C9H19N3. The van der Waals surface area contributed by atoms with Crippen molar-refractivity contribution in [1.82, 2.24) is 4.90 Å². The zero-order valence-corrected chi connectivity index (χ0v) is 8.63. The predicted octanol–water partition coefficient (Wildman–Crippen LogP) is 0.956. The van der Waals surface area contributed by atoms with E-state index in [1.165, 1.54) is 0 Å². The fraction of sp³-hybridized carbons (Fsp3) is 0.889. The molecule has 0 fully saturated rings. The Labute approximate surface area is 75.2 Å². The third-order valence-corrected chi connectivity index (χ3v) is 2.34. The van der Waals surface area contributed by atoms with E-state index in [1.807, 2.05) is 14.0 Å². The molecule has 70 valence electrons. The van der Waals surface area contributed by atoms with Gasteiger partial charge in [0, 0.05) is 11.6 Å². The van der Waals surface area contributed by atoms with Gasteiger partial charge in [-0.1, -0.05) is 0 Å². The first-order valence-corrected chi connectivity index (χ1v) is 4.19. The number of hydrogen-bond donors (Lipinski definition) is 1. The molecule has 2 N–H and O–H groups in total. The molecule has 0 aromatic heterocycles. The summed E-state index contributed by atoms with van der Waals surface area (Å²) in [4.78, 5) is 2.11. The zero-order chi connectivity index (χ0) is 9.94. The highest BCUT2D eigenvalue weighted by Crippen LogP contribution is 2.15. The van der Waals surface area contributed by atoms with Crippen LogP contribution in [0.5, 0.6) is 0 Å². The summed E-state index contributed by atoms with van der Waals surface area (Å²) in [5.74, 6) is 0. The summed E-state index contributed by atoms with van der Waals surface area (Å²) in [6.07, 6.45) is 0. The lowest BCUT2D eigenvalue weighted by Gasteiger charge is -2.37. The standard InChI is InChI=1S/C9H19N3/c1-7(8(11)6-10)12(5)9(2,3)4/h7-8H,11H2,1-5H3. The van der Waals surface area contributed by atoms with Crippen LogP contribution in [0.3, 0.4) is 0 Å². The molecule has 0 saturated heterocycles. The summed E-state index contributed by atoms with van der Waals surface area (Å²) in [5, 5.41) is 8.62. The van der Waals surface area contributed by atoms with E-state index in [9.17, 15) is 0 Å². The average Bonchev–Trinajstić information content (AvgIpc) is 1.98. The van der Waals surface area contributed by atoms with E-state index in [0.29, 0.717) is 0 Å². The van der Waals surface area contributed by atoms with Crippen LogP contribution in [0.2, 0.25) is 0 Å².